The van der Waals surface area contributed by atoms with Gasteiger partial charge in [-0.2, -0.15) is 0 Å². The minimum absolute atomic E-state index is 0.0726. The van der Waals surface area contributed by atoms with E-state index >= 15 is 0 Å². The molecule has 0 aliphatic carbocycles. The Morgan fingerprint density at radius 1 is 1.40 bits per heavy atom. The third-order valence-electron chi connectivity index (χ3n) is 2.60. The molecule has 1 N–H and O–H groups in total. The first-order valence-electron chi connectivity index (χ1n) is 5.09. The SMILES string of the molecule is CCC(C)(C)Nc1ncnc2sccc12. The van der Waals surface area contributed by atoms with E-state index < -0.39 is 0 Å². The van der Waals surface area contributed by atoms with Crippen molar-refractivity contribution in [2.75, 3.05) is 5.32 Å². The number of hydrogen-bond acceptors (Lipinski definition) is 4. The van der Waals surface area contributed by atoms with Crippen LogP contribution in [0.2, 0.25) is 0 Å². The van der Waals surface area contributed by atoms with Gasteiger partial charge in [-0.25, -0.2) is 9.97 Å². The second kappa shape index (κ2) is 3.77. The molecule has 0 atom stereocenters. The van der Waals surface area contributed by atoms with Gasteiger partial charge < -0.3 is 5.32 Å². The Balaban J connectivity index is 2.39. The molecule has 2 aromatic rings. The van der Waals surface area contributed by atoms with Crippen LogP contribution < -0.4 is 5.32 Å². The highest BCUT2D eigenvalue weighted by Gasteiger charge is 2.16. The van der Waals surface area contributed by atoms with Crippen molar-refractivity contribution in [2.45, 2.75) is 32.7 Å². The van der Waals surface area contributed by atoms with Crippen LogP contribution in [0.3, 0.4) is 0 Å². The summed E-state index contributed by atoms with van der Waals surface area (Å²) in [6.07, 6.45) is 2.68. The zero-order valence-corrected chi connectivity index (χ0v) is 10.1. The Kier molecular flexibility index (Phi) is 2.61. The molecule has 0 bridgehead atoms. The highest BCUT2D eigenvalue weighted by Crippen LogP contribution is 2.26. The zero-order chi connectivity index (χ0) is 10.9. The molecule has 0 aliphatic heterocycles. The Morgan fingerprint density at radius 3 is 2.93 bits per heavy atom. The zero-order valence-electron chi connectivity index (χ0n) is 9.24. The number of rotatable bonds is 3. The van der Waals surface area contributed by atoms with Crippen molar-refractivity contribution in [3.63, 3.8) is 0 Å². The van der Waals surface area contributed by atoms with Crippen LogP contribution in [-0.2, 0) is 0 Å². The van der Waals surface area contributed by atoms with E-state index in [4.69, 9.17) is 0 Å². The molecular weight excluding hydrogens is 206 g/mol. The molecule has 80 valence electrons. The van der Waals surface area contributed by atoms with Gasteiger partial charge in [-0.1, -0.05) is 6.92 Å². The molecule has 2 aromatic heterocycles. The average Bonchev–Trinajstić information content (AvgIpc) is 2.66. The van der Waals surface area contributed by atoms with Gasteiger partial charge in [0.15, 0.2) is 0 Å². The molecule has 15 heavy (non-hydrogen) atoms. The highest BCUT2D eigenvalue weighted by atomic mass is 32.1. The lowest BCUT2D eigenvalue weighted by Gasteiger charge is -2.25. The molecule has 0 saturated carbocycles. The van der Waals surface area contributed by atoms with Crippen LogP contribution in [0.15, 0.2) is 17.8 Å². The lowest BCUT2D eigenvalue weighted by molar-refractivity contribution is 0.545. The minimum Gasteiger partial charge on any atom is -0.365 e. The summed E-state index contributed by atoms with van der Waals surface area (Å²) in [7, 11) is 0. The summed E-state index contributed by atoms with van der Waals surface area (Å²) in [4.78, 5) is 9.56. The summed E-state index contributed by atoms with van der Waals surface area (Å²) in [5.41, 5.74) is 0.0726. The molecule has 2 rings (SSSR count). The van der Waals surface area contributed by atoms with Crippen molar-refractivity contribution in [3.8, 4) is 0 Å². The van der Waals surface area contributed by atoms with Gasteiger partial charge in [-0.3, -0.25) is 0 Å². The molecule has 3 nitrogen and oxygen atoms in total. The van der Waals surface area contributed by atoms with Crippen molar-refractivity contribution in [3.05, 3.63) is 17.8 Å². The number of hydrogen-bond donors (Lipinski definition) is 1. The molecule has 0 aromatic carbocycles. The van der Waals surface area contributed by atoms with Crippen molar-refractivity contribution in [2.24, 2.45) is 0 Å². The Bertz CT molecular complexity index is 462. The maximum Gasteiger partial charge on any atom is 0.138 e. The second-order valence-electron chi connectivity index (χ2n) is 4.22. The van der Waals surface area contributed by atoms with Gasteiger partial charge in [0, 0.05) is 5.54 Å². The normalized spacial score (nSPS) is 11.9. The van der Waals surface area contributed by atoms with E-state index in [9.17, 15) is 0 Å². The largest absolute Gasteiger partial charge is 0.365 e. The number of aromatic nitrogens is 2. The van der Waals surface area contributed by atoms with Gasteiger partial charge in [0.2, 0.25) is 0 Å². The number of fused-ring (bicyclic) bond motifs is 1. The maximum atomic E-state index is 4.30. The second-order valence-corrected chi connectivity index (χ2v) is 5.12. The third-order valence-corrected chi connectivity index (χ3v) is 3.42. The predicted molar refractivity (Wildman–Crippen MR) is 65.4 cm³/mol. The third kappa shape index (κ3) is 2.09. The van der Waals surface area contributed by atoms with E-state index in [1.807, 2.05) is 5.38 Å². The highest BCUT2D eigenvalue weighted by molar-refractivity contribution is 7.16. The average molecular weight is 221 g/mol. The van der Waals surface area contributed by atoms with E-state index in [1.54, 1.807) is 17.7 Å². The van der Waals surface area contributed by atoms with Crippen LogP contribution in [0.4, 0.5) is 5.82 Å². The summed E-state index contributed by atoms with van der Waals surface area (Å²) < 4.78 is 0. The molecule has 0 unspecified atom stereocenters. The van der Waals surface area contributed by atoms with Crippen molar-refractivity contribution in [1.82, 2.24) is 9.97 Å². The lowest BCUT2D eigenvalue weighted by atomic mass is 10.0. The fourth-order valence-electron chi connectivity index (χ4n) is 1.30. The van der Waals surface area contributed by atoms with Gasteiger partial charge in [0.25, 0.3) is 0 Å². The van der Waals surface area contributed by atoms with Crippen molar-refractivity contribution >= 4 is 27.4 Å². The van der Waals surface area contributed by atoms with Crippen molar-refractivity contribution in [1.29, 1.82) is 0 Å². The first-order valence-corrected chi connectivity index (χ1v) is 5.97. The molecule has 2 heterocycles. The summed E-state index contributed by atoms with van der Waals surface area (Å²) in [6.45, 7) is 6.51. The molecule has 0 fully saturated rings. The standard InChI is InChI=1S/C11H15N3S/c1-4-11(2,3)14-9-8-5-6-15-10(8)13-7-12-9/h5-7H,4H2,1-3H3,(H,12,13,14). The van der Waals surface area contributed by atoms with Crippen LogP contribution in [0.1, 0.15) is 27.2 Å². The fourth-order valence-corrected chi connectivity index (χ4v) is 2.03. The van der Waals surface area contributed by atoms with E-state index in [-0.39, 0.29) is 5.54 Å². The van der Waals surface area contributed by atoms with E-state index in [2.05, 4.69) is 42.1 Å². The molecule has 0 spiro atoms. The maximum absolute atomic E-state index is 4.30. The van der Waals surface area contributed by atoms with Gasteiger partial charge >= 0.3 is 0 Å². The summed E-state index contributed by atoms with van der Waals surface area (Å²) in [5.74, 6) is 0.938. The van der Waals surface area contributed by atoms with E-state index in [0.717, 1.165) is 22.5 Å². The van der Waals surface area contributed by atoms with E-state index in [0.29, 0.717) is 0 Å². The summed E-state index contributed by atoms with van der Waals surface area (Å²) in [6, 6.07) is 2.06. The van der Waals surface area contributed by atoms with Gasteiger partial charge in [0.1, 0.15) is 17.0 Å². The number of nitrogens with zero attached hydrogens (tertiary/aromatic N) is 2. The fraction of sp³-hybridized carbons (Fsp3) is 0.455. The van der Waals surface area contributed by atoms with Crippen LogP contribution in [0, 0.1) is 0 Å². The number of thiophene rings is 1. The molecule has 0 saturated heterocycles. The van der Waals surface area contributed by atoms with Gasteiger partial charge in [-0.05, 0) is 31.7 Å². The van der Waals surface area contributed by atoms with Crippen LogP contribution in [0.25, 0.3) is 10.2 Å². The van der Waals surface area contributed by atoms with Crippen LogP contribution in [-0.4, -0.2) is 15.5 Å². The topological polar surface area (TPSA) is 37.8 Å². The van der Waals surface area contributed by atoms with E-state index in [1.165, 1.54) is 0 Å². The first-order chi connectivity index (χ1) is 7.12. The van der Waals surface area contributed by atoms with Gasteiger partial charge in [-0.15, -0.1) is 11.3 Å². The minimum atomic E-state index is 0.0726. The molecular formula is C11H15N3S. The van der Waals surface area contributed by atoms with Crippen LogP contribution >= 0.6 is 11.3 Å². The monoisotopic (exact) mass is 221 g/mol. The Hall–Kier alpha value is -1.16. The molecule has 4 heteroatoms. The smallest absolute Gasteiger partial charge is 0.138 e. The first kappa shape index (κ1) is 10.4. The number of anilines is 1. The summed E-state index contributed by atoms with van der Waals surface area (Å²) in [5, 5.41) is 6.61. The molecule has 0 aliphatic rings. The van der Waals surface area contributed by atoms with Crippen LogP contribution in [0.5, 0.6) is 0 Å². The molecule has 0 radical (unpaired) electrons. The predicted octanol–water partition coefficient (Wildman–Crippen LogP) is 3.29. The summed E-state index contributed by atoms with van der Waals surface area (Å²) >= 11 is 1.64. The van der Waals surface area contributed by atoms with Gasteiger partial charge in [0.05, 0.1) is 5.39 Å². The Labute approximate surface area is 93.6 Å². The lowest BCUT2D eigenvalue weighted by Crippen LogP contribution is -2.30. The Morgan fingerprint density at radius 2 is 2.20 bits per heavy atom. The molecule has 0 amide bonds. The number of nitrogens with one attached hydrogen (secondary N) is 1. The van der Waals surface area contributed by atoms with Crippen molar-refractivity contribution < 1.29 is 0 Å². The quantitative estimate of drug-likeness (QED) is 0.864.